The number of carbonyl (C=O) groups is 1. The Hall–Kier alpha value is -3.69. The average Bonchev–Trinajstić information content (AvgIpc) is 3.17. The number of para-hydroxylation sites is 1. The number of sulfonamides is 1. The van der Waals surface area contributed by atoms with Crippen molar-refractivity contribution in [2.45, 2.75) is 24.8 Å². The maximum absolute atomic E-state index is 13.0. The number of fused-ring (bicyclic) bond motifs is 5. The summed E-state index contributed by atoms with van der Waals surface area (Å²) in [5.41, 5.74) is 6.13. The molecule has 0 saturated carbocycles. The molecule has 0 saturated heterocycles. The van der Waals surface area contributed by atoms with Crippen LogP contribution in [0.1, 0.15) is 21.5 Å². The van der Waals surface area contributed by atoms with Gasteiger partial charge in [0.05, 0.1) is 16.3 Å². The highest BCUT2D eigenvalue weighted by Crippen LogP contribution is 2.33. The van der Waals surface area contributed by atoms with E-state index >= 15 is 0 Å². The van der Waals surface area contributed by atoms with Gasteiger partial charge in [0.1, 0.15) is 5.56 Å². The molecule has 1 amide bonds. The van der Waals surface area contributed by atoms with E-state index in [0.717, 1.165) is 27.7 Å². The number of nitrogens with one attached hydrogen (secondary N) is 3. The van der Waals surface area contributed by atoms with Gasteiger partial charge in [0.15, 0.2) is 0 Å². The van der Waals surface area contributed by atoms with Crippen molar-refractivity contribution < 1.29 is 13.2 Å². The number of benzene rings is 2. The van der Waals surface area contributed by atoms with Crippen LogP contribution in [0.3, 0.4) is 0 Å². The van der Waals surface area contributed by atoms with Crippen LogP contribution in [0.15, 0.2) is 70.4 Å². The van der Waals surface area contributed by atoms with Gasteiger partial charge in [-0.05, 0) is 49.2 Å². The van der Waals surface area contributed by atoms with Crippen LogP contribution < -0.4 is 15.8 Å². The Morgan fingerprint density at radius 2 is 1.78 bits per heavy atom. The molecule has 2 aromatic heterocycles. The van der Waals surface area contributed by atoms with Crippen molar-refractivity contribution in [2.75, 3.05) is 0 Å². The number of H-pyrrole nitrogens is 1. The van der Waals surface area contributed by atoms with Crippen molar-refractivity contribution in [3.63, 3.8) is 0 Å². The Labute approximate surface area is 183 Å². The standard InChI is InChI=1S/C23H20N4O4S/c1-14-6-8-15(9-7-14)32(30,31)26-25-22(28)18-10-11-20-21-17(12-13-27(20)23(18)29)16-4-2-3-5-19(16)24-21/h2-11,24,26H,12-13H2,1H3,(H,25,28). The summed E-state index contributed by atoms with van der Waals surface area (Å²) < 4.78 is 26.4. The summed E-state index contributed by atoms with van der Waals surface area (Å²) in [7, 11) is -3.96. The van der Waals surface area contributed by atoms with E-state index in [9.17, 15) is 18.0 Å². The van der Waals surface area contributed by atoms with Crippen molar-refractivity contribution in [1.29, 1.82) is 0 Å². The summed E-state index contributed by atoms with van der Waals surface area (Å²) in [5, 5.41) is 1.12. The fraction of sp³-hybridized carbons (Fsp3) is 0.130. The second-order valence-corrected chi connectivity index (χ2v) is 9.42. The Kier molecular flexibility index (Phi) is 4.72. The first-order valence-corrected chi connectivity index (χ1v) is 11.6. The van der Waals surface area contributed by atoms with Crippen molar-refractivity contribution in [3.05, 3.63) is 87.7 Å². The molecule has 3 N–H and O–H groups in total. The molecular weight excluding hydrogens is 428 g/mol. The number of hydrogen-bond donors (Lipinski definition) is 3. The minimum atomic E-state index is -3.96. The van der Waals surface area contributed by atoms with Crippen LogP contribution in [0.25, 0.3) is 22.3 Å². The second-order valence-electron chi connectivity index (χ2n) is 7.74. The largest absolute Gasteiger partial charge is 0.353 e. The van der Waals surface area contributed by atoms with Crippen LogP contribution in [0, 0.1) is 6.92 Å². The van der Waals surface area contributed by atoms with Gasteiger partial charge in [-0.2, -0.15) is 0 Å². The van der Waals surface area contributed by atoms with Gasteiger partial charge in [0, 0.05) is 17.4 Å². The monoisotopic (exact) mass is 448 g/mol. The fourth-order valence-electron chi connectivity index (χ4n) is 4.05. The van der Waals surface area contributed by atoms with E-state index in [1.165, 1.54) is 18.2 Å². The molecule has 0 bridgehead atoms. The highest BCUT2D eigenvalue weighted by atomic mass is 32.2. The Bertz CT molecular complexity index is 1530. The molecule has 1 aliphatic rings. The van der Waals surface area contributed by atoms with Crippen molar-refractivity contribution in [3.8, 4) is 11.4 Å². The number of rotatable bonds is 4. The molecule has 8 nitrogen and oxygen atoms in total. The van der Waals surface area contributed by atoms with Crippen molar-refractivity contribution >= 4 is 26.8 Å². The Balaban J connectivity index is 1.43. The number of hydrazine groups is 1. The number of pyridine rings is 1. The molecule has 5 rings (SSSR count). The predicted octanol–water partition coefficient (Wildman–Crippen LogP) is 2.48. The molecule has 3 heterocycles. The van der Waals surface area contributed by atoms with Crippen LogP contribution in [-0.4, -0.2) is 23.9 Å². The van der Waals surface area contributed by atoms with Crippen LogP contribution in [0.4, 0.5) is 0 Å². The summed E-state index contributed by atoms with van der Waals surface area (Å²) in [5.74, 6) is -0.816. The lowest BCUT2D eigenvalue weighted by molar-refractivity contribution is 0.0943. The molecule has 0 aliphatic carbocycles. The molecule has 0 unspecified atom stereocenters. The van der Waals surface area contributed by atoms with E-state index < -0.39 is 21.5 Å². The van der Waals surface area contributed by atoms with Gasteiger partial charge in [0.25, 0.3) is 21.5 Å². The number of carbonyl (C=O) groups excluding carboxylic acids is 1. The maximum Gasteiger partial charge on any atom is 0.271 e. The van der Waals surface area contributed by atoms with E-state index in [2.05, 4.69) is 15.2 Å². The number of amides is 1. The fourth-order valence-corrected chi connectivity index (χ4v) is 4.89. The maximum atomic E-state index is 13.0. The van der Waals surface area contributed by atoms with E-state index in [-0.39, 0.29) is 10.5 Å². The third-order valence-corrected chi connectivity index (χ3v) is 6.97. The van der Waals surface area contributed by atoms with Gasteiger partial charge >= 0.3 is 0 Å². The Morgan fingerprint density at radius 3 is 2.56 bits per heavy atom. The summed E-state index contributed by atoms with van der Waals surface area (Å²) in [6, 6.07) is 17.3. The van der Waals surface area contributed by atoms with Gasteiger partial charge in [-0.25, -0.2) is 8.42 Å². The summed E-state index contributed by atoms with van der Waals surface area (Å²) >= 11 is 0. The molecule has 0 spiro atoms. The molecule has 0 radical (unpaired) electrons. The number of aromatic amines is 1. The first kappa shape index (κ1) is 20.2. The van der Waals surface area contributed by atoms with E-state index in [4.69, 9.17) is 0 Å². The van der Waals surface area contributed by atoms with Gasteiger partial charge in [-0.1, -0.05) is 35.9 Å². The molecule has 0 fully saturated rings. The molecular formula is C23H20N4O4S. The third-order valence-electron chi connectivity index (χ3n) is 5.70. The highest BCUT2D eigenvalue weighted by Gasteiger charge is 2.24. The zero-order valence-electron chi connectivity index (χ0n) is 17.2. The van der Waals surface area contributed by atoms with Crippen molar-refractivity contribution in [1.82, 2.24) is 19.8 Å². The molecule has 32 heavy (non-hydrogen) atoms. The van der Waals surface area contributed by atoms with E-state index in [1.807, 2.05) is 31.2 Å². The van der Waals surface area contributed by atoms with Crippen LogP contribution in [0.2, 0.25) is 0 Å². The number of hydrogen-bond acceptors (Lipinski definition) is 4. The smallest absolute Gasteiger partial charge is 0.271 e. The normalized spacial score (nSPS) is 12.9. The SMILES string of the molecule is Cc1ccc(S(=O)(=O)NNC(=O)c2ccc3n(c2=O)CCc2c-3[nH]c3ccccc23)cc1. The summed E-state index contributed by atoms with van der Waals surface area (Å²) in [6.07, 6.45) is 0.650. The molecule has 0 atom stereocenters. The van der Waals surface area contributed by atoms with Gasteiger partial charge in [-0.3, -0.25) is 15.0 Å². The molecule has 1 aliphatic heterocycles. The minimum Gasteiger partial charge on any atom is -0.353 e. The lowest BCUT2D eigenvalue weighted by atomic mass is 10.0. The van der Waals surface area contributed by atoms with Crippen LogP contribution in [-0.2, 0) is 23.0 Å². The van der Waals surface area contributed by atoms with Crippen LogP contribution in [0.5, 0.6) is 0 Å². The van der Waals surface area contributed by atoms with E-state index in [0.29, 0.717) is 18.7 Å². The first-order chi connectivity index (χ1) is 15.3. The highest BCUT2D eigenvalue weighted by molar-refractivity contribution is 7.89. The topological polar surface area (TPSA) is 113 Å². The van der Waals surface area contributed by atoms with Gasteiger partial charge in [0.2, 0.25) is 0 Å². The second kappa shape index (κ2) is 7.47. The average molecular weight is 449 g/mol. The quantitative estimate of drug-likeness (QED) is 0.416. The predicted molar refractivity (Wildman–Crippen MR) is 121 cm³/mol. The lowest BCUT2D eigenvalue weighted by Crippen LogP contribution is -2.44. The zero-order valence-corrected chi connectivity index (χ0v) is 18.0. The third kappa shape index (κ3) is 3.31. The zero-order chi connectivity index (χ0) is 22.5. The molecule has 9 heteroatoms. The number of aryl methyl sites for hydroxylation is 2. The number of aromatic nitrogens is 2. The van der Waals surface area contributed by atoms with Crippen LogP contribution >= 0.6 is 0 Å². The van der Waals surface area contributed by atoms with Gasteiger partial charge in [-0.15, -0.1) is 4.83 Å². The lowest BCUT2D eigenvalue weighted by Gasteiger charge is -2.20. The molecule has 162 valence electrons. The minimum absolute atomic E-state index is 0.0110. The first-order valence-electron chi connectivity index (χ1n) is 10.1. The molecule has 2 aromatic carbocycles. The summed E-state index contributed by atoms with van der Waals surface area (Å²) in [6.45, 7) is 2.27. The van der Waals surface area contributed by atoms with Gasteiger partial charge < -0.3 is 9.55 Å². The molecule has 4 aromatic rings. The number of nitrogens with zero attached hydrogens (tertiary/aromatic N) is 1. The summed E-state index contributed by atoms with van der Waals surface area (Å²) in [4.78, 5) is 31.1. The van der Waals surface area contributed by atoms with E-state index in [1.54, 1.807) is 22.8 Å². The van der Waals surface area contributed by atoms with Crippen molar-refractivity contribution in [2.24, 2.45) is 0 Å². The Morgan fingerprint density at radius 1 is 1.03 bits per heavy atom.